The van der Waals surface area contributed by atoms with Crippen LogP contribution in [0.1, 0.15) is 25.8 Å². The molecule has 25 heavy (non-hydrogen) atoms. The first-order chi connectivity index (χ1) is 11.8. The molecule has 0 saturated carbocycles. The molecule has 1 aromatic carbocycles. The molecule has 0 bridgehead atoms. The average Bonchev–Trinajstić information content (AvgIpc) is 2.54. The molecule has 0 aliphatic heterocycles. The number of hydrogen-bond acceptors (Lipinski definition) is 3. The number of guanidine groups is 1. The average molecular weight is 433 g/mol. The monoisotopic (exact) mass is 432 g/mol. The molecule has 1 aromatic rings. The van der Waals surface area contributed by atoms with Crippen LogP contribution in [-0.2, 0) is 16.4 Å². The molecular formula is C17H29BrN4O2S. The van der Waals surface area contributed by atoms with Crippen LogP contribution in [0.5, 0.6) is 0 Å². The second kappa shape index (κ2) is 11.5. The molecule has 0 fully saturated rings. The Kier molecular flexibility index (Phi) is 10.1. The minimum atomic E-state index is -3.16. The lowest BCUT2D eigenvalue weighted by atomic mass is 9.97. The highest BCUT2D eigenvalue weighted by atomic mass is 79.9. The van der Waals surface area contributed by atoms with Crippen molar-refractivity contribution in [2.75, 3.05) is 32.4 Å². The Morgan fingerprint density at radius 3 is 2.60 bits per heavy atom. The third-order valence-electron chi connectivity index (χ3n) is 3.62. The van der Waals surface area contributed by atoms with E-state index >= 15 is 0 Å². The first kappa shape index (κ1) is 21.9. The van der Waals surface area contributed by atoms with Crippen molar-refractivity contribution in [3.8, 4) is 0 Å². The fraction of sp³-hybridized carbons (Fsp3) is 0.588. The summed E-state index contributed by atoms with van der Waals surface area (Å²) in [6.07, 6.45) is 3.18. The summed E-state index contributed by atoms with van der Waals surface area (Å²) in [4.78, 5) is 4.64. The van der Waals surface area contributed by atoms with E-state index in [4.69, 9.17) is 0 Å². The van der Waals surface area contributed by atoms with Crippen LogP contribution >= 0.6 is 15.9 Å². The Labute approximate surface area is 160 Å². The molecule has 0 heterocycles. The quantitative estimate of drug-likeness (QED) is 0.300. The summed E-state index contributed by atoms with van der Waals surface area (Å²) in [6.45, 7) is 6.48. The molecule has 0 radical (unpaired) electrons. The van der Waals surface area contributed by atoms with E-state index in [1.165, 1.54) is 5.56 Å². The van der Waals surface area contributed by atoms with Gasteiger partial charge in [0.1, 0.15) is 0 Å². The minimum absolute atomic E-state index is 0.332. The normalized spacial score (nSPS) is 13.5. The number of aliphatic imine (C=N–C) groups is 1. The van der Waals surface area contributed by atoms with E-state index in [9.17, 15) is 8.42 Å². The summed E-state index contributed by atoms with van der Waals surface area (Å²) in [5, 5.41) is 6.34. The first-order valence-corrected chi connectivity index (χ1v) is 11.2. The molecule has 3 N–H and O–H groups in total. The molecule has 8 heteroatoms. The number of nitrogens with one attached hydrogen (secondary N) is 3. The van der Waals surface area contributed by atoms with Crippen molar-refractivity contribution in [2.45, 2.75) is 26.7 Å². The largest absolute Gasteiger partial charge is 0.357 e. The van der Waals surface area contributed by atoms with Gasteiger partial charge in [-0.2, -0.15) is 0 Å². The number of hydrogen-bond donors (Lipinski definition) is 3. The molecule has 1 rings (SSSR count). The third-order valence-corrected chi connectivity index (χ3v) is 4.85. The van der Waals surface area contributed by atoms with Crippen LogP contribution in [0.3, 0.4) is 0 Å². The van der Waals surface area contributed by atoms with Gasteiger partial charge in [-0.25, -0.2) is 13.1 Å². The Morgan fingerprint density at radius 2 is 2.00 bits per heavy atom. The maximum Gasteiger partial charge on any atom is 0.208 e. The van der Waals surface area contributed by atoms with Crippen LogP contribution in [0, 0.1) is 5.92 Å². The van der Waals surface area contributed by atoms with Crippen LogP contribution in [0.2, 0.25) is 0 Å². The van der Waals surface area contributed by atoms with Crippen molar-refractivity contribution in [3.63, 3.8) is 0 Å². The third kappa shape index (κ3) is 10.5. The van der Waals surface area contributed by atoms with Gasteiger partial charge in [-0.1, -0.05) is 41.4 Å². The number of nitrogens with zero attached hydrogens (tertiary/aromatic N) is 1. The molecule has 0 aromatic heterocycles. The Balaban J connectivity index is 2.55. The zero-order valence-corrected chi connectivity index (χ0v) is 17.6. The highest BCUT2D eigenvalue weighted by molar-refractivity contribution is 9.10. The van der Waals surface area contributed by atoms with Crippen LogP contribution in [-0.4, -0.2) is 46.8 Å². The number of rotatable bonds is 10. The van der Waals surface area contributed by atoms with E-state index in [0.29, 0.717) is 25.0 Å². The zero-order chi connectivity index (χ0) is 18.7. The van der Waals surface area contributed by atoms with Gasteiger partial charge in [0.05, 0.1) is 6.26 Å². The van der Waals surface area contributed by atoms with Gasteiger partial charge in [0.25, 0.3) is 0 Å². The summed E-state index contributed by atoms with van der Waals surface area (Å²) < 4.78 is 25.7. The van der Waals surface area contributed by atoms with Crippen molar-refractivity contribution in [1.29, 1.82) is 0 Å². The molecule has 142 valence electrons. The molecule has 0 amide bonds. The molecule has 0 aliphatic carbocycles. The summed E-state index contributed by atoms with van der Waals surface area (Å²) in [5.74, 6) is 1.17. The van der Waals surface area contributed by atoms with Crippen molar-refractivity contribution in [2.24, 2.45) is 10.9 Å². The second-order valence-corrected chi connectivity index (χ2v) is 8.67. The van der Waals surface area contributed by atoms with E-state index in [1.807, 2.05) is 13.0 Å². The second-order valence-electron chi connectivity index (χ2n) is 5.92. The smallest absolute Gasteiger partial charge is 0.208 e. The van der Waals surface area contributed by atoms with Gasteiger partial charge >= 0.3 is 0 Å². The molecule has 0 spiro atoms. The summed E-state index contributed by atoms with van der Waals surface area (Å²) in [6, 6.07) is 8.36. The summed E-state index contributed by atoms with van der Waals surface area (Å²) in [7, 11) is -3.16. The van der Waals surface area contributed by atoms with Crippen molar-refractivity contribution in [1.82, 2.24) is 15.4 Å². The Bertz CT molecular complexity index is 650. The summed E-state index contributed by atoms with van der Waals surface area (Å²) in [5.41, 5.74) is 1.30. The molecule has 1 atom stereocenters. The van der Waals surface area contributed by atoms with Gasteiger partial charge in [0.2, 0.25) is 10.0 Å². The number of halogens is 1. The number of sulfonamides is 1. The molecule has 0 saturated heterocycles. The van der Waals surface area contributed by atoms with Crippen LogP contribution < -0.4 is 15.4 Å². The fourth-order valence-electron chi connectivity index (χ4n) is 2.31. The van der Waals surface area contributed by atoms with Gasteiger partial charge in [-0.05, 0) is 37.0 Å². The topological polar surface area (TPSA) is 82.6 Å². The highest BCUT2D eigenvalue weighted by Gasteiger charge is 2.08. The van der Waals surface area contributed by atoms with Crippen molar-refractivity contribution in [3.05, 3.63) is 34.3 Å². The number of benzene rings is 1. The zero-order valence-electron chi connectivity index (χ0n) is 15.2. The molecule has 0 aliphatic rings. The van der Waals surface area contributed by atoms with Crippen molar-refractivity contribution < 1.29 is 8.42 Å². The maximum absolute atomic E-state index is 11.1. The SMILES string of the molecule is CCNC(=NCC(CC)Cc1cccc(Br)c1)NCCNS(C)(=O)=O. The van der Waals surface area contributed by atoms with E-state index in [1.54, 1.807) is 0 Å². The standard InChI is InChI=1S/C17H29BrN4O2S/c1-4-14(11-15-7-6-8-16(18)12-15)13-21-17(19-5-2)20-9-10-22-25(3,23)24/h6-8,12,14,22H,4-5,9-11,13H2,1-3H3,(H2,19,20,21). The van der Waals surface area contributed by atoms with Gasteiger partial charge < -0.3 is 10.6 Å². The van der Waals surface area contributed by atoms with E-state index in [-0.39, 0.29) is 0 Å². The van der Waals surface area contributed by atoms with Crippen molar-refractivity contribution >= 4 is 31.9 Å². The van der Waals surface area contributed by atoms with Gasteiger partial charge in [-0.15, -0.1) is 0 Å². The van der Waals surface area contributed by atoms with Gasteiger partial charge in [0, 0.05) is 30.7 Å². The van der Waals surface area contributed by atoms with Crippen LogP contribution in [0.25, 0.3) is 0 Å². The van der Waals surface area contributed by atoms with E-state index < -0.39 is 10.0 Å². The maximum atomic E-state index is 11.1. The molecular weight excluding hydrogens is 404 g/mol. The van der Waals surface area contributed by atoms with E-state index in [0.717, 1.165) is 36.7 Å². The molecule has 1 unspecified atom stereocenters. The lowest BCUT2D eigenvalue weighted by Crippen LogP contribution is -2.41. The fourth-order valence-corrected chi connectivity index (χ4v) is 3.23. The predicted octanol–water partition coefficient (Wildman–Crippen LogP) is 2.12. The lowest BCUT2D eigenvalue weighted by molar-refractivity contribution is 0.517. The van der Waals surface area contributed by atoms with Crippen LogP contribution in [0.4, 0.5) is 0 Å². The lowest BCUT2D eigenvalue weighted by Gasteiger charge is -2.15. The highest BCUT2D eigenvalue weighted by Crippen LogP contribution is 2.17. The van der Waals surface area contributed by atoms with Gasteiger partial charge in [-0.3, -0.25) is 4.99 Å². The Hall–Kier alpha value is -1.12. The summed E-state index contributed by atoms with van der Waals surface area (Å²) >= 11 is 3.51. The Morgan fingerprint density at radius 1 is 1.24 bits per heavy atom. The minimum Gasteiger partial charge on any atom is -0.357 e. The van der Waals surface area contributed by atoms with Gasteiger partial charge in [0.15, 0.2) is 5.96 Å². The predicted molar refractivity (Wildman–Crippen MR) is 108 cm³/mol. The van der Waals surface area contributed by atoms with Crippen LogP contribution in [0.15, 0.2) is 33.7 Å². The molecule has 6 nitrogen and oxygen atoms in total. The van der Waals surface area contributed by atoms with E-state index in [2.05, 4.69) is 61.4 Å². The first-order valence-electron chi connectivity index (χ1n) is 8.55.